The molecule has 0 fully saturated rings. The fraction of sp³-hybridized carbons (Fsp3) is 0.0909. The third-order valence-electron chi connectivity index (χ3n) is 4.55. The molecule has 0 aliphatic rings. The average Bonchev–Trinajstić information content (AvgIpc) is 3.18. The summed E-state index contributed by atoms with van der Waals surface area (Å²) in [5.41, 5.74) is 2.31. The van der Waals surface area contributed by atoms with Crippen LogP contribution in [-0.4, -0.2) is 22.4 Å². The lowest BCUT2D eigenvalue weighted by atomic mass is 10.1. The van der Waals surface area contributed by atoms with Crippen molar-refractivity contribution in [3.8, 4) is 0 Å². The summed E-state index contributed by atoms with van der Waals surface area (Å²) in [6.45, 7) is 0.458. The van der Waals surface area contributed by atoms with Gasteiger partial charge >= 0.3 is 0 Å². The number of carbonyl (C=O) groups excluding carboxylic acids is 1. The minimum atomic E-state index is -0.477. The number of thiazole rings is 1. The number of non-ortho nitro benzene ring substituents is 1. The number of nitrogens with zero attached hydrogens (tertiary/aromatic N) is 3. The third kappa shape index (κ3) is 4.14. The van der Waals surface area contributed by atoms with E-state index in [1.165, 1.54) is 35.6 Å². The van der Waals surface area contributed by atoms with Gasteiger partial charge < -0.3 is 0 Å². The summed E-state index contributed by atoms with van der Waals surface area (Å²) in [6, 6.07) is 23.4. The van der Waals surface area contributed by atoms with Crippen molar-refractivity contribution in [1.82, 2.24) is 4.98 Å². The van der Waals surface area contributed by atoms with E-state index in [2.05, 4.69) is 4.98 Å². The molecular weight excluding hydrogens is 386 g/mol. The van der Waals surface area contributed by atoms with E-state index < -0.39 is 4.92 Å². The maximum absolute atomic E-state index is 13.2. The summed E-state index contributed by atoms with van der Waals surface area (Å²) in [5.74, 6) is -0.227. The first-order chi connectivity index (χ1) is 14.1. The number of nitro groups is 1. The maximum Gasteiger partial charge on any atom is 0.269 e. The molecule has 0 bridgehead atoms. The van der Waals surface area contributed by atoms with Gasteiger partial charge in [0.2, 0.25) is 0 Å². The molecule has 0 saturated carbocycles. The Balaban J connectivity index is 1.66. The first-order valence-corrected chi connectivity index (χ1v) is 9.89. The number of carbonyl (C=O) groups is 1. The molecule has 1 amide bonds. The van der Waals surface area contributed by atoms with Gasteiger partial charge in [-0.05, 0) is 36.2 Å². The Kier molecular flexibility index (Phi) is 5.31. The fourth-order valence-electron chi connectivity index (χ4n) is 3.03. The third-order valence-corrected chi connectivity index (χ3v) is 5.61. The zero-order valence-electron chi connectivity index (χ0n) is 15.4. The number of para-hydroxylation sites is 1. The number of hydrogen-bond donors (Lipinski definition) is 0. The van der Waals surface area contributed by atoms with Crippen molar-refractivity contribution < 1.29 is 9.72 Å². The molecule has 0 radical (unpaired) electrons. The second kappa shape index (κ2) is 8.20. The first-order valence-electron chi connectivity index (χ1n) is 9.07. The van der Waals surface area contributed by atoms with Gasteiger partial charge in [-0.25, -0.2) is 4.98 Å². The van der Waals surface area contributed by atoms with Gasteiger partial charge in [-0.3, -0.25) is 19.8 Å². The number of amides is 1. The van der Waals surface area contributed by atoms with Crippen LogP contribution < -0.4 is 4.90 Å². The highest BCUT2D eigenvalue weighted by molar-refractivity contribution is 7.22. The molecule has 1 aromatic heterocycles. The van der Waals surface area contributed by atoms with Crippen LogP contribution in [0.3, 0.4) is 0 Å². The highest BCUT2D eigenvalue weighted by Crippen LogP contribution is 2.30. The van der Waals surface area contributed by atoms with Gasteiger partial charge in [0.15, 0.2) is 5.13 Å². The molecule has 29 heavy (non-hydrogen) atoms. The maximum atomic E-state index is 13.2. The van der Waals surface area contributed by atoms with Crippen molar-refractivity contribution in [2.45, 2.75) is 6.42 Å². The van der Waals surface area contributed by atoms with Crippen LogP contribution in [0.4, 0.5) is 10.8 Å². The van der Waals surface area contributed by atoms with Crippen LogP contribution in [0.1, 0.15) is 15.9 Å². The van der Waals surface area contributed by atoms with Gasteiger partial charge in [0, 0.05) is 24.2 Å². The lowest BCUT2D eigenvalue weighted by Gasteiger charge is -2.20. The van der Waals surface area contributed by atoms with E-state index in [0.29, 0.717) is 23.7 Å². The van der Waals surface area contributed by atoms with E-state index in [4.69, 9.17) is 0 Å². The van der Waals surface area contributed by atoms with Gasteiger partial charge in [-0.1, -0.05) is 53.8 Å². The largest absolute Gasteiger partial charge is 0.284 e. The van der Waals surface area contributed by atoms with E-state index in [-0.39, 0.29) is 11.6 Å². The Bertz CT molecular complexity index is 1120. The quantitative estimate of drug-likeness (QED) is 0.332. The normalized spacial score (nSPS) is 10.8. The number of aromatic nitrogens is 1. The van der Waals surface area contributed by atoms with E-state index >= 15 is 0 Å². The Hall–Kier alpha value is -3.58. The molecule has 0 aliphatic carbocycles. The van der Waals surface area contributed by atoms with Crippen molar-refractivity contribution in [2.75, 3.05) is 11.4 Å². The van der Waals surface area contributed by atoms with E-state index in [1.807, 2.05) is 54.6 Å². The monoisotopic (exact) mass is 403 g/mol. The van der Waals surface area contributed by atoms with Gasteiger partial charge in [-0.15, -0.1) is 0 Å². The summed E-state index contributed by atoms with van der Waals surface area (Å²) >= 11 is 1.46. The first kappa shape index (κ1) is 18.8. The molecular formula is C22H17N3O3S. The van der Waals surface area contributed by atoms with Crippen molar-refractivity contribution in [2.24, 2.45) is 0 Å². The van der Waals surface area contributed by atoms with E-state index in [1.54, 1.807) is 4.90 Å². The molecule has 0 aliphatic heterocycles. The predicted molar refractivity (Wildman–Crippen MR) is 115 cm³/mol. The van der Waals surface area contributed by atoms with E-state index in [0.717, 1.165) is 15.8 Å². The smallest absolute Gasteiger partial charge is 0.269 e. The topological polar surface area (TPSA) is 76.3 Å². The van der Waals surface area contributed by atoms with Crippen molar-refractivity contribution in [1.29, 1.82) is 0 Å². The number of nitro benzene ring substituents is 1. The number of anilines is 1. The zero-order chi connectivity index (χ0) is 20.2. The van der Waals surface area contributed by atoms with Crippen LogP contribution in [0.25, 0.3) is 10.2 Å². The number of benzene rings is 3. The lowest BCUT2D eigenvalue weighted by molar-refractivity contribution is -0.384. The Morgan fingerprint density at radius 1 is 0.966 bits per heavy atom. The van der Waals surface area contributed by atoms with E-state index in [9.17, 15) is 14.9 Å². The highest BCUT2D eigenvalue weighted by Gasteiger charge is 2.22. The van der Waals surface area contributed by atoms with Crippen molar-refractivity contribution in [3.05, 3.63) is 100 Å². The molecule has 0 N–H and O–H groups in total. The van der Waals surface area contributed by atoms with Gasteiger partial charge in [-0.2, -0.15) is 0 Å². The Labute approximate surface area is 171 Å². The van der Waals surface area contributed by atoms with Crippen LogP contribution in [0.15, 0.2) is 78.9 Å². The van der Waals surface area contributed by atoms with Crippen LogP contribution in [-0.2, 0) is 6.42 Å². The molecule has 4 rings (SSSR count). The molecule has 0 saturated heterocycles. The van der Waals surface area contributed by atoms with Gasteiger partial charge in [0.1, 0.15) is 0 Å². The molecule has 3 aromatic carbocycles. The molecule has 7 heteroatoms. The number of hydrogen-bond acceptors (Lipinski definition) is 5. The Morgan fingerprint density at radius 2 is 1.66 bits per heavy atom. The molecule has 0 unspecified atom stereocenters. The van der Waals surface area contributed by atoms with Crippen molar-refractivity contribution >= 4 is 38.3 Å². The van der Waals surface area contributed by atoms with Crippen molar-refractivity contribution in [3.63, 3.8) is 0 Å². The van der Waals surface area contributed by atoms with Gasteiger partial charge in [0.25, 0.3) is 11.6 Å². The molecule has 4 aromatic rings. The highest BCUT2D eigenvalue weighted by atomic mass is 32.1. The predicted octanol–water partition coefficient (Wildman–Crippen LogP) is 5.09. The standard InChI is InChI=1S/C22H17N3O3S/c26-21(17-10-12-18(13-11-17)25(27)28)24(15-14-16-6-2-1-3-7-16)22-23-19-8-4-5-9-20(19)29-22/h1-13H,14-15H2. The van der Waals surface area contributed by atoms with Crippen LogP contribution in [0, 0.1) is 10.1 Å². The summed E-state index contributed by atoms with van der Waals surface area (Å²) in [5, 5.41) is 11.5. The second-order valence-electron chi connectivity index (χ2n) is 6.46. The summed E-state index contributed by atoms with van der Waals surface area (Å²) in [6.07, 6.45) is 0.676. The molecule has 0 atom stereocenters. The summed E-state index contributed by atoms with van der Waals surface area (Å²) < 4.78 is 1.00. The SMILES string of the molecule is O=C(c1ccc([N+](=O)[O-])cc1)N(CCc1ccccc1)c1nc2ccccc2s1. The number of fused-ring (bicyclic) bond motifs is 1. The minimum Gasteiger partial charge on any atom is -0.284 e. The lowest BCUT2D eigenvalue weighted by Crippen LogP contribution is -2.32. The molecule has 0 spiro atoms. The molecule has 6 nitrogen and oxygen atoms in total. The minimum absolute atomic E-state index is 0.0441. The number of rotatable bonds is 6. The summed E-state index contributed by atoms with van der Waals surface area (Å²) in [7, 11) is 0. The van der Waals surface area contributed by atoms with Crippen LogP contribution in [0.5, 0.6) is 0 Å². The second-order valence-corrected chi connectivity index (χ2v) is 7.47. The van der Waals surface area contributed by atoms with Gasteiger partial charge in [0.05, 0.1) is 15.1 Å². The fourth-order valence-corrected chi connectivity index (χ4v) is 4.02. The average molecular weight is 403 g/mol. The van der Waals surface area contributed by atoms with Crippen LogP contribution in [0.2, 0.25) is 0 Å². The molecule has 144 valence electrons. The molecule has 1 heterocycles. The van der Waals surface area contributed by atoms with Crippen LogP contribution >= 0.6 is 11.3 Å². The Morgan fingerprint density at radius 3 is 2.34 bits per heavy atom. The summed E-state index contributed by atoms with van der Waals surface area (Å²) in [4.78, 5) is 30.0. The zero-order valence-corrected chi connectivity index (χ0v) is 16.2.